The Kier molecular flexibility index (Phi) is 5.49. The minimum Gasteiger partial charge on any atom is -0.338 e. The van der Waals surface area contributed by atoms with Crippen molar-refractivity contribution in [3.63, 3.8) is 0 Å². The van der Waals surface area contributed by atoms with E-state index in [1.807, 2.05) is 29.4 Å². The number of piperidine rings is 1. The lowest BCUT2D eigenvalue weighted by molar-refractivity contribution is 0.149. The highest BCUT2D eigenvalue weighted by molar-refractivity contribution is 5.75. The highest BCUT2D eigenvalue weighted by Crippen LogP contribution is 2.26. The van der Waals surface area contributed by atoms with Crippen LogP contribution in [0.3, 0.4) is 0 Å². The van der Waals surface area contributed by atoms with Crippen LogP contribution in [0.15, 0.2) is 24.5 Å². The smallest absolute Gasteiger partial charge is 0.317 e. The van der Waals surface area contributed by atoms with E-state index in [0.717, 1.165) is 38.5 Å². The van der Waals surface area contributed by atoms with Gasteiger partial charge < -0.3 is 15.1 Å². The van der Waals surface area contributed by atoms with Crippen LogP contribution in [0, 0.1) is 5.92 Å². The predicted molar refractivity (Wildman–Crippen MR) is 91.4 cm³/mol. The Balaban J connectivity index is 1.29. The van der Waals surface area contributed by atoms with E-state index in [0.29, 0.717) is 5.92 Å². The number of nitrogens with one attached hydrogen (secondary N) is 1. The molecule has 1 aromatic rings. The van der Waals surface area contributed by atoms with Crippen molar-refractivity contribution in [2.24, 2.45) is 5.92 Å². The molecular weight excluding hydrogens is 288 g/mol. The first-order chi connectivity index (χ1) is 11.2. The van der Waals surface area contributed by atoms with E-state index in [1.54, 1.807) is 0 Å². The summed E-state index contributed by atoms with van der Waals surface area (Å²) >= 11 is 0. The fourth-order valence-electron chi connectivity index (χ4n) is 3.59. The summed E-state index contributed by atoms with van der Waals surface area (Å²) in [5.41, 5.74) is 1.28. The zero-order chi connectivity index (χ0) is 16.1. The lowest BCUT2D eigenvalue weighted by Crippen LogP contribution is -2.52. The highest BCUT2D eigenvalue weighted by atomic mass is 16.2. The van der Waals surface area contributed by atoms with E-state index in [4.69, 9.17) is 0 Å². The van der Waals surface area contributed by atoms with Gasteiger partial charge in [0.25, 0.3) is 0 Å². The first-order valence-corrected chi connectivity index (χ1v) is 8.87. The van der Waals surface area contributed by atoms with Gasteiger partial charge in [0.15, 0.2) is 0 Å². The Morgan fingerprint density at radius 2 is 2.09 bits per heavy atom. The molecule has 0 spiro atoms. The van der Waals surface area contributed by atoms with Crippen LogP contribution in [-0.2, 0) is 0 Å². The minimum atomic E-state index is 0.0855. The van der Waals surface area contributed by atoms with Crippen molar-refractivity contribution >= 4 is 6.03 Å². The summed E-state index contributed by atoms with van der Waals surface area (Å²) in [4.78, 5) is 20.6. The highest BCUT2D eigenvalue weighted by Gasteiger charge is 2.31. The Morgan fingerprint density at radius 1 is 1.30 bits per heavy atom. The largest absolute Gasteiger partial charge is 0.338 e. The van der Waals surface area contributed by atoms with Gasteiger partial charge in [-0.05, 0) is 56.0 Å². The standard InChI is InChI=1S/C18H28N4O/c1-15-4-2-10-21(12-15)11-3-7-20-18(23)22-13-17(14-22)16-5-8-19-9-6-16/h5-6,8-9,15,17H,2-4,7,10-14H2,1H3,(H,20,23). The van der Waals surface area contributed by atoms with Gasteiger partial charge in [-0.2, -0.15) is 0 Å². The molecule has 1 aromatic heterocycles. The van der Waals surface area contributed by atoms with Crippen LogP contribution in [0.1, 0.15) is 37.7 Å². The van der Waals surface area contributed by atoms with Gasteiger partial charge in [-0.15, -0.1) is 0 Å². The number of rotatable bonds is 5. The second kappa shape index (κ2) is 7.77. The second-order valence-electron chi connectivity index (χ2n) is 7.02. The number of aromatic nitrogens is 1. The molecule has 5 nitrogen and oxygen atoms in total. The summed E-state index contributed by atoms with van der Waals surface area (Å²) in [6.07, 6.45) is 7.36. The number of urea groups is 1. The molecule has 2 fully saturated rings. The molecule has 1 atom stereocenters. The zero-order valence-corrected chi connectivity index (χ0v) is 14.1. The van der Waals surface area contributed by atoms with E-state index in [9.17, 15) is 4.79 Å². The molecule has 0 aromatic carbocycles. The quantitative estimate of drug-likeness (QED) is 0.848. The molecule has 23 heavy (non-hydrogen) atoms. The number of hydrogen-bond donors (Lipinski definition) is 1. The number of nitrogens with zero attached hydrogens (tertiary/aromatic N) is 3. The minimum absolute atomic E-state index is 0.0855. The Hall–Kier alpha value is -1.62. The lowest BCUT2D eigenvalue weighted by Gasteiger charge is -2.39. The van der Waals surface area contributed by atoms with Crippen LogP contribution in [0.5, 0.6) is 0 Å². The van der Waals surface area contributed by atoms with Gasteiger partial charge in [0.05, 0.1) is 0 Å². The summed E-state index contributed by atoms with van der Waals surface area (Å²) < 4.78 is 0. The molecule has 0 bridgehead atoms. The van der Waals surface area contributed by atoms with Crippen molar-refractivity contribution < 1.29 is 4.79 Å². The normalized spacial score (nSPS) is 22.7. The molecule has 2 aliphatic rings. The molecular formula is C18H28N4O. The first kappa shape index (κ1) is 16.2. The summed E-state index contributed by atoms with van der Waals surface area (Å²) in [5.74, 6) is 1.29. The van der Waals surface area contributed by atoms with Gasteiger partial charge in [0, 0.05) is 44.5 Å². The SMILES string of the molecule is CC1CCCN(CCCNC(=O)N2CC(c3ccncc3)C2)C1. The number of amides is 2. The van der Waals surface area contributed by atoms with E-state index in [1.165, 1.54) is 31.5 Å². The lowest BCUT2D eigenvalue weighted by atomic mass is 9.93. The van der Waals surface area contributed by atoms with Crippen LogP contribution in [0.4, 0.5) is 4.79 Å². The zero-order valence-electron chi connectivity index (χ0n) is 14.1. The summed E-state index contributed by atoms with van der Waals surface area (Å²) in [6.45, 7) is 8.28. The average Bonchev–Trinajstić information content (AvgIpc) is 2.51. The van der Waals surface area contributed by atoms with Crippen molar-refractivity contribution in [1.82, 2.24) is 20.1 Å². The number of carbonyl (C=O) groups excluding carboxylic acids is 1. The molecule has 3 rings (SSSR count). The maximum atomic E-state index is 12.1. The van der Waals surface area contributed by atoms with Crippen LogP contribution in [0.2, 0.25) is 0 Å². The van der Waals surface area contributed by atoms with Crippen molar-refractivity contribution in [3.8, 4) is 0 Å². The van der Waals surface area contributed by atoms with Gasteiger partial charge in [-0.25, -0.2) is 4.79 Å². The van der Waals surface area contributed by atoms with E-state index < -0.39 is 0 Å². The third-order valence-corrected chi connectivity index (χ3v) is 5.01. The Bertz CT molecular complexity index is 501. The Labute approximate surface area is 139 Å². The fourth-order valence-corrected chi connectivity index (χ4v) is 3.59. The van der Waals surface area contributed by atoms with Crippen molar-refractivity contribution in [1.29, 1.82) is 0 Å². The molecule has 126 valence electrons. The van der Waals surface area contributed by atoms with Crippen LogP contribution < -0.4 is 5.32 Å². The third-order valence-electron chi connectivity index (χ3n) is 5.01. The number of pyridine rings is 1. The van der Waals surface area contributed by atoms with Crippen LogP contribution >= 0.6 is 0 Å². The maximum Gasteiger partial charge on any atom is 0.317 e. The van der Waals surface area contributed by atoms with Gasteiger partial charge in [-0.1, -0.05) is 6.92 Å². The number of likely N-dealkylation sites (tertiary alicyclic amines) is 2. The van der Waals surface area contributed by atoms with Gasteiger partial charge >= 0.3 is 6.03 Å². The maximum absolute atomic E-state index is 12.1. The summed E-state index contributed by atoms with van der Waals surface area (Å²) in [5, 5.41) is 3.06. The average molecular weight is 316 g/mol. The third kappa shape index (κ3) is 4.44. The van der Waals surface area contributed by atoms with E-state index in [2.05, 4.69) is 22.1 Å². The molecule has 2 amide bonds. The molecule has 3 heterocycles. The monoisotopic (exact) mass is 316 g/mol. The summed E-state index contributed by atoms with van der Waals surface area (Å²) in [7, 11) is 0. The number of carbonyl (C=O) groups is 1. The molecule has 0 saturated carbocycles. The van der Waals surface area contributed by atoms with E-state index in [-0.39, 0.29) is 6.03 Å². The van der Waals surface area contributed by atoms with E-state index >= 15 is 0 Å². The molecule has 5 heteroatoms. The van der Waals surface area contributed by atoms with Crippen LogP contribution in [0.25, 0.3) is 0 Å². The van der Waals surface area contributed by atoms with Gasteiger partial charge in [0.2, 0.25) is 0 Å². The summed E-state index contributed by atoms with van der Waals surface area (Å²) in [6, 6.07) is 4.17. The molecule has 2 saturated heterocycles. The molecule has 0 radical (unpaired) electrons. The van der Waals surface area contributed by atoms with Gasteiger partial charge in [0.1, 0.15) is 0 Å². The van der Waals surface area contributed by atoms with Gasteiger partial charge in [-0.3, -0.25) is 4.98 Å². The second-order valence-corrected chi connectivity index (χ2v) is 7.02. The van der Waals surface area contributed by atoms with Crippen LogP contribution in [-0.4, -0.2) is 60.1 Å². The number of hydrogen-bond acceptors (Lipinski definition) is 3. The molecule has 1 N–H and O–H groups in total. The molecule has 0 aliphatic carbocycles. The van der Waals surface area contributed by atoms with Crippen molar-refractivity contribution in [2.75, 3.05) is 39.3 Å². The van der Waals surface area contributed by atoms with Crippen molar-refractivity contribution in [3.05, 3.63) is 30.1 Å². The topological polar surface area (TPSA) is 48.5 Å². The molecule has 2 aliphatic heterocycles. The van der Waals surface area contributed by atoms with Crippen molar-refractivity contribution in [2.45, 2.75) is 32.1 Å². The molecule has 1 unspecified atom stereocenters. The predicted octanol–water partition coefficient (Wildman–Crippen LogP) is 2.31. The fraction of sp³-hybridized carbons (Fsp3) is 0.667. The first-order valence-electron chi connectivity index (χ1n) is 8.87. The Morgan fingerprint density at radius 3 is 2.83 bits per heavy atom.